The summed E-state index contributed by atoms with van der Waals surface area (Å²) in [5, 5.41) is 15.2. The van der Waals surface area contributed by atoms with Crippen LogP contribution in [0.25, 0.3) is 0 Å². The van der Waals surface area contributed by atoms with Crippen molar-refractivity contribution in [3.05, 3.63) is 41.8 Å². The molecule has 0 radical (unpaired) electrons. The lowest BCUT2D eigenvalue weighted by atomic mass is 10.3. The molecule has 0 bridgehead atoms. The van der Waals surface area contributed by atoms with Gasteiger partial charge in [0.05, 0.1) is 19.3 Å². The highest BCUT2D eigenvalue weighted by Gasteiger charge is 2.10. The Kier molecular flexibility index (Phi) is 3.47. The summed E-state index contributed by atoms with van der Waals surface area (Å²) in [5.41, 5.74) is 0.695. The monoisotopic (exact) mass is 248 g/mol. The van der Waals surface area contributed by atoms with Crippen molar-refractivity contribution in [3.63, 3.8) is 0 Å². The summed E-state index contributed by atoms with van der Waals surface area (Å²) in [7, 11) is 1.58. The van der Waals surface area contributed by atoms with Gasteiger partial charge in [-0.15, -0.1) is 0 Å². The van der Waals surface area contributed by atoms with Crippen molar-refractivity contribution in [2.45, 2.75) is 6.54 Å². The highest BCUT2D eigenvalue weighted by molar-refractivity contribution is 5.85. The fourth-order valence-corrected chi connectivity index (χ4v) is 1.47. The van der Waals surface area contributed by atoms with Crippen LogP contribution in [0.1, 0.15) is 16.2 Å². The molecule has 1 heterocycles. The molecule has 2 aromatic rings. The number of carboxylic acids is 1. The Morgan fingerprint density at radius 3 is 2.94 bits per heavy atom. The predicted octanol–water partition coefficient (Wildman–Crippen LogP) is 1.99. The number of carboxylic acid groups (broad SMARTS) is 1. The maximum atomic E-state index is 10.6. The lowest BCUT2D eigenvalue weighted by Crippen LogP contribution is -2.00. The second kappa shape index (κ2) is 5.22. The second-order valence-corrected chi connectivity index (χ2v) is 3.54. The molecule has 0 unspecified atom stereocenters. The maximum absolute atomic E-state index is 10.6. The third kappa shape index (κ3) is 2.60. The number of para-hydroxylation sites is 2. The van der Waals surface area contributed by atoms with Crippen molar-refractivity contribution < 1.29 is 19.2 Å². The highest BCUT2D eigenvalue weighted by Crippen LogP contribution is 2.23. The first-order valence-electron chi connectivity index (χ1n) is 5.26. The van der Waals surface area contributed by atoms with Crippen molar-refractivity contribution in [1.82, 2.24) is 5.16 Å². The summed E-state index contributed by atoms with van der Waals surface area (Å²) in [6.07, 6.45) is 0. The van der Waals surface area contributed by atoms with Crippen LogP contribution in [0.5, 0.6) is 5.75 Å². The molecule has 0 fully saturated rings. The van der Waals surface area contributed by atoms with Crippen molar-refractivity contribution in [1.29, 1.82) is 0 Å². The maximum Gasteiger partial charge on any atom is 0.358 e. The topological polar surface area (TPSA) is 84.6 Å². The summed E-state index contributed by atoms with van der Waals surface area (Å²) in [6.45, 7) is 0.334. The van der Waals surface area contributed by atoms with Gasteiger partial charge in [0.1, 0.15) is 5.75 Å². The number of carbonyl (C=O) groups is 1. The number of hydrogen-bond acceptors (Lipinski definition) is 5. The van der Waals surface area contributed by atoms with Crippen LogP contribution in [-0.4, -0.2) is 23.3 Å². The summed E-state index contributed by atoms with van der Waals surface area (Å²) in [4.78, 5) is 10.6. The summed E-state index contributed by atoms with van der Waals surface area (Å²) < 4.78 is 10.1. The first kappa shape index (κ1) is 12.0. The van der Waals surface area contributed by atoms with Gasteiger partial charge in [-0.25, -0.2) is 4.79 Å². The van der Waals surface area contributed by atoms with Crippen LogP contribution in [0.4, 0.5) is 5.69 Å². The van der Waals surface area contributed by atoms with Gasteiger partial charge in [0.25, 0.3) is 0 Å². The van der Waals surface area contributed by atoms with Gasteiger partial charge in [-0.05, 0) is 12.1 Å². The lowest BCUT2D eigenvalue weighted by Gasteiger charge is -2.08. The van der Waals surface area contributed by atoms with Crippen molar-refractivity contribution in [3.8, 4) is 5.75 Å². The van der Waals surface area contributed by atoms with Gasteiger partial charge in [-0.3, -0.25) is 0 Å². The molecule has 6 heteroatoms. The molecule has 1 aromatic carbocycles. The van der Waals surface area contributed by atoms with E-state index in [2.05, 4.69) is 10.5 Å². The Morgan fingerprint density at radius 1 is 1.50 bits per heavy atom. The minimum Gasteiger partial charge on any atom is -0.495 e. The number of nitrogens with zero attached hydrogens (tertiary/aromatic N) is 1. The fraction of sp³-hybridized carbons (Fsp3) is 0.167. The minimum atomic E-state index is -1.11. The van der Waals surface area contributed by atoms with Crippen LogP contribution in [-0.2, 0) is 6.54 Å². The first-order valence-corrected chi connectivity index (χ1v) is 5.26. The largest absolute Gasteiger partial charge is 0.495 e. The molecule has 0 aliphatic carbocycles. The number of anilines is 1. The Balaban J connectivity index is 2.04. The van der Waals surface area contributed by atoms with Crippen LogP contribution in [0.15, 0.2) is 34.9 Å². The van der Waals surface area contributed by atoms with E-state index in [0.717, 1.165) is 5.69 Å². The number of nitrogens with one attached hydrogen (secondary N) is 1. The van der Waals surface area contributed by atoms with E-state index < -0.39 is 5.97 Å². The second-order valence-electron chi connectivity index (χ2n) is 3.54. The molecule has 0 amide bonds. The van der Waals surface area contributed by atoms with E-state index in [1.807, 2.05) is 24.3 Å². The van der Waals surface area contributed by atoms with E-state index in [0.29, 0.717) is 18.1 Å². The highest BCUT2D eigenvalue weighted by atomic mass is 16.5. The van der Waals surface area contributed by atoms with E-state index in [-0.39, 0.29) is 5.69 Å². The average Bonchev–Trinajstić information content (AvgIpc) is 2.85. The van der Waals surface area contributed by atoms with Gasteiger partial charge in [0.2, 0.25) is 0 Å². The summed E-state index contributed by atoms with van der Waals surface area (Å²) >= 11 is 0. The SMILES string of the molecule is COc1ccccc1NCc1cc(C(=O)O)no1. The molecule has 0 aliphatic heterocycles. The van der Waals surface area contributed by atoms with Gasteiger partial charge >= 0.3 is 5.97 Å². The van der Waals surface area contributed by atoms with E-state index >= 15 is 0 Å². The summed E-state index contributed by atoms with van der Waals surface area (Å²) in [6, 6.07) is 8.79. The zero-order valence-corrected chi connectivity index (χ0v) is 9.71. The van der Waals surface area contributed by atoms with Crippen LogP contribution >= 0.6 is 0 Å². The third-order valence-electron chi connectivity index (χ3n) is 2.34. The molecule has 94 valence electrons. The number of benzene rings is 1. The first-order chi connectivity index (χ1) is 8.70. The van der Waals surface area contributed by atoms with Crippen LogP contribution in [0.3, 0.4) is 0 Å². The van der Waals surface area contributed by atoms with E-state index in [9.17, 15) is 4.79 Å². The van der Waals surface area contributed by atoms with Gasteiger partial charge in [-0.2, -0.15) is 0 Å². The molecule has 0 atom stereocenters. The standard InChI is InChI=1S/C12H12N2O4/c1-17-11-5-3-2-4-9(11)13-7-8-6-10(12(15)16)14-18-8/h2-6,13H,7H2,1H3,(H,15,16). The molecule has 1 aromatic heterocycles. The zero-order chi connectivity index (χ0) is 13.0. The van der Waals surface area contributed by atoms with Crippen LogP contribution in [0, 0.1) is 0 Å². The molecule has 0 saturated heterocycles. The lowest BCUT2D eigenvalue weighted by molar-refractivity contribution is 0.0685. The average molecular weight is 248 g/mol. The molecule has 18 heavy (non-hydrogen) atoms. The molecule has 2 rings (SSSR count). The fourth-order valence-electron chi connectivity index (χ4n) is 1.47. The van der Waals surface area contributed by atoms with Gasteiger partial charge in [0, 0.05) is 6.07 Å². The minimum absolute atomic E-state index is 0.105. The van der Waals surface area contributed by atoms with Crippen LogP contribution in [0.2, 0.25) is 0 Å². The van der Waals surface area contributed by atoms with Crippen LogP contribution < -0.4 is 10.1 Å². The number of aromatic carboxylic acids is 1. The Labute approximate surface area is 103 Å². The number of rotatable bonds is 5. The number of ether oxygens (including phenoxy) is 1. The molecular weight excluding hydrogens is 236 g/mol. The van der Waals surface area contributed by atoms with Crippen molar-refractivity contribution >= 4 is 11.7 Å². The van der Waals surface area contributed by atoms with E-state index in [1.165, 1.54) is 6.07 Å². The van der Waals surface area contributed by atoms with Gasteiger partial charge < -0.3 is 19.7 Å². The smallest absolute Gasteiger partial charge is 0.358 e. The number of methoxy groups -OCH3 is 1. The number of hydrogen-bond donors (Lipinski definition) is 2. The normalized spacial score (nSPS) is 10.1. The Morgan fingerprint density at radius 2 is 2.28 bits per heavy atom. The predicted molar refractivity (Wildman–Crippen MR) is 63.8 cm³/mol. The zero-order valence-electron chi connectivity index (χ0n) is 9.71. The van der Waals surface area contributed by atoms with E-state index in [1.54, 1.807) is 7.11 Å². The van der Waals surface area contributed by atoms with Crippen molar-refractivity contribution in [2.75, 3.05) is 12.4 Å². The molecule has 2 N–H and O–H groups in total. The molecular formula is C12H12N2O4. The Hall–Kier alpha value is -2.50. The van der Waals surface area contributed by atoms with Gasteiger partial charge in [0.15, 0.2) is 11.5 Å². The molecule has 0 spiro atoms. The Bertz CT molecular complexity index is 551. The summed E-state index contributed by atoms with van der Waals surface area (Å²) in [5.74, 6) is 0.0380. The molecule has 0 aliphatic rings. The number of aromatic nitrogens is 1. The quantitative estimate of drug-likeness (QED) is 0.841. The molecule has 0 saturated carbocycles. The van der Waals surface area contributed by atoms with Gasteiger partial charge in [-0.1, -0.05) is 17.3 Å². The van der Waals surface area contributed by atoms with Crippen molar-refractivity contribution in [2.24, 2.45) is 0 Å². The van der Waals surface area contributed by atoms with E-state index in [4.69, 9.17) is 14.4 Å². The third-order valence-corrected chi connectivity index (χ3v) is 2.34. The molecule has 6 nitrogen and oxygen atoms in total.